The zero-order valence-electron chi connectivity index (χ0n) is 12.0. The van der Waals surface area contributed by atoms with Crippen LogP contribution in [0, 0.1) is 11.8 Å². The molecule has 0 aromatic rings. The van der Waals surface area contributed by atoms with E-state index in [1.807, 2.05) is 4.90 Å². The Labute approximate surface area is 115 Å². The number of carbonyl (C=O) groups excluding carboxylic acids is 2. The minimum absolute atomic E-state index is 0.0299. The highest BCUT2D eigenvalue weighted by Gasteiger charge is 2.31. The Morgan fingerprint density at radius 1 is 0.947 bits per heavy atom. The van der Waals surface area contributed by atoms with Crippen LogP contribution in [-0.4, -0.2) is 55.0 Å². The Hall–Kier alpha value is -1.26. The minimum Gasteiger partial charge on any atom is -0.342 e. The second kappa shape index (κ2) is 6.26. The lowest BCUT2D eigenvalue weighted by Gasteiger charge is -2.36. The van der Waals surface area contributed by atoms with Crippen LogP contribution in [0.4, 0.5) is 4.79 Å². The van der Waals surface area contributed by atoms with Crippen LogP contribution in [-0.2, 0) is 4.79 Å². The second-order valence-corrected chi connectivity index (χ2v) is 5.82. The first kappa shape index (κ1) is 14.2. The molecule has 0 saturated carbocycles. The van der Waals surface area contributed by atoms with E-state index in [0.717, 1.165) is 44.7 Å². The summed E-state index contributed by atoms with van der Waals surface area (Å²) in [4.78, 5) is 27.7. The van der Waals surface area contributed by atoms with Crippen LogP contribution >= 0.6 is 0 Å². The van der Waals surface area contributed by atoms with Gasteiger partial charge >= 0.3 is 6.03 Å². The molecule has 0 aromatic carbocycles. The van der Waals surface area contributed by atoms with Crippen molar-refractivity contribution >= 4 is 11.9 Å². The summed E-state index contributed by atoms with van der Waals surface area (Å²) < 4.78 is 0. The SMILES string of the molecule is CNC(=O)N1CCC(C(=O)N2CCC(C)CC2)CC1. The fourth-order valence-corrected chi connectivity index (χ4v) is 2.97. The van der Waals surface area contributed by atoms with Crippen LogP contribution in [0.2, 0.25) is 0 Å². The van der Waals surface area contributed by atoms with Crippen LogP contribution in [0.3, 0.4) is 0 Å². The quantitative estimate of drug-likeness (QED) is 0.778. The van der Waals surface area contributed by atoms with Gasteiger partial charge in [-0.1, -0.05) is 6.92 Å². The first-order chi connectivity index (χ1) is 9.11. The van der Waals surface area contributed by atoms with Gasteiger partial charge in [0.25, 0.3) is 0 Å². The van der Waals surface area contributed by atoms with E-state index >= 15 is 0 Å². The molecule has 19 heavy (non-hydrogen) atoms. The average Bonchev–Trinajstić information content (AvgIpc) is 2.46. The fraction of sp³-hybridized carbons (Fsp3) is 0.857. The van der Waals surface area contributed by atoms with Crippen molar-refractivity contribution in [3.05, 3.63) is 0 Å². The van der Waals surface area contributed by atoms with Crippen LogP contribution in [0.25, 0.3) is 0 Å². The van der Waals surface area contributed by atoms with Gasteiger partial charge in [-0.25, -0.2) is 4.79 Å². The topological polar surface area (TPSA) is 52.7 Å². The number of amides is 3. The molecule has 0 bridgehead atoms. The maximum absolute atomic E-state index is 12.4. The van der Waals surface area contributed by atoms with E-state index in [-0.39, 0.29) is 11.9 Å². The number of rotatable bonds is 1. The highest BCUT2D eigenvalue weighted by molar-refractivity contribution is 5.80. The highest BCUT2D eigenvalue weighted by atomic mass is 16.2. The van der Waals surface area contributed by atoms with Gasteiger partial charge in [0.05, 0.1) is 0 Å². The van der Waals surface area contributed by atoms with Crippen LogP contribution in [0.5, 0.6) is 0 Å². The van der Waals surface area contributed by atoms with Crippen molar-refractivity contribution in [1.82, 2.24) is 15.1 Å². The van der Waals surface area contributed by atoms with E-state index in [1.165, 1.54) is 0 Å². The number of nitrogens with zero attached hydrogens (tertiary/aromatic N) is 2. The molecular weight excluding hydrogens is 242 g/mol. The molecule has 1 N–H and O–H groups in total. The summed E-state index contributed by atoms with van der Waals surface area (Å²) in [6.45, 7) is 5.47. The molecule has 0 radical (unpaired) electrons. The van der Waals surface area contributed by atoms with E-state index in [4.69, 9.17) is 0 Å². The van der Waals surface area contributed by atoms with Crippen molar-refractivity contribution in [2.24, 2.45) is 11.8 Å². The standard InChI is InChI=1S/C14H25N3O2/c1-11-3-7-16(8-4-11)13(18)12-5-9-17(10-6-12)14(19)15-2/h11-12H,3-10H2,1-2H3,(H,15,19). The number of hydrogen-bond acceptors (Lipinski definition) is 2. The van der Waals surface area contributed by atoms with Gasteiger partial charge in [-0.3, -0.25) is 4.79 Å². The Morgan fingerprint density at radius 3 is 2.00 bits per heavy atom. The highest BCUT2D eigenvalue weighted by Crippen LogP contribution is 2.23. The van der Waals surface area contributed by atoms with Gasteiger partial charge in [-0.2, -0.15) is 0 Å². The summed E-state index contributed by atoms with van der Waals surface area (Å²) in [6, 6.07) is -0.0299. The van der Waals surface area contributed by atoms with Crippen molar-refractivity contribution in [2.75, 3.05) is 33.2 Å². The van der Waals surface area contributed by atoms with Crippen LogP contribution in [0.15, 0.2) is 0 Å². The third kappa shape index (κ3) is 3.39. The lowest BCUT2D eigenvalue weighted by molar-refractivity contribution is -0.138. The van der Waals surface area contributed by atoms with Gasteiger partial charge in [-0.15, -0.1) is 0 Å². The third-order valence-electron chi connectivity index (χ3n) is 4.44. The molecule has 2 rings (SSSR count). The van der Waals surface area contributed by atoms with E-state index in [1.54, 1.807) is 11.9 Å². The van der Waals surface area contributed by atoms with Crippen molar-refractivity contribution in [3.8, 4) is 0 Å². The van der Waals surface area contributed by atoms with E-state index < -0.39 is 0 Å². The summed E-state index contributed by atoms with van der Waals surface area (Å²) in [6.07, 6.45) is 3.86. The predicted molar refractivity (Wildman–Crippen MR) is 73.7 cm³/mol. The summed E-state index contributed by atoms with van der Waals surface area (Å²) in [5.74, 6) is 1.18. The Kier molecular flexibility index (Phi) is 4.66. The predicted octanol–water partition coefficient (Wildman–Crippen LogP) is 1.30. The minimum atomic E-state index is -0.0299. The fourth-order valence-electron chi connectivity index (χ4n) is 2.97. The number of piperidine rings is 2. The number of nitrogens with one attached hydrogen (secondary N) is 1. The smallest absolute Gasteiger partial charge is 0.317 e. The van der Waals surface area contributed by atoms with Gasteiger partial charge in [0.15, 0.2) is 0 Å². The molecule has 5 heteroatoms. The molecule has 5 nitrogen and oxygen atoms in total. The average molecular weight is 267 g/mol. The van der Waals surface area contributed by atoms with Crippen molar-refractivity contribution < 1.29 is 9.59 Å². The maximum atomic E-state index is 12.4. The Balaban J connectivity index is 1.81. The number of carbonyl (C=O) groups is 2. The monoisotopic (exact) mass is 267 g/mol. The maximum Gasteiger partial charge on any atom is 0.317 e. The first-order valence-electron chi connectivity index (χ1n) is 7.37. The molecule has 2 heterocycles. The molecule has 2 aliphatic heterocycles. The molecule has 2 fully saturated rings. The number of likely N-dealkylation sites (tertiary alicyclic amines) is 2. The molecule has 108 valence electrons. The first-order valence-corrected chi connectivity index (χ1v) is 7.37. The largest absolute Gasteiger partial charge is 0.342 e. The Morgan fingerprint density at radius 2 is 1.47 bits per heavy atom. The molecule has 3 amide bonds. The zero-order valence-corrected chi connectivity index (χ0v) is 12.0. The van der Waals surface area contributed by atoms with Gasteiger partial charge in [0.2, 0.25) is 5.91 Å². The molecule has 2 saturated heterocycles. The van der Waals surface area contributed by atoms with Crippen molar-refractivity contribution in [3.63, 3.8) is 0 Å². The molecule has 0 spiro atoms. The lowest BCUT2D eigenvalue weighted by Crippen LogP contribution is -2.48. The van der Waals surface area contributed by atoms with E-state index in [9.17, 15) is 9.59 Å². The summed E-state index contributed by atoms with van der Waals surface area (Å²) in [5.41, 5.74) is 0. The van der Waals surface area contributed by atoms with Crippen molar-refractivity contribution in [2.45, 2.75) is 32.6 Å². The molecular formula is C14H25N3O2. The van der Waals surface area contributed by atoms with Gasteiger partial charge in [0.1, 0.15) is 0 Å². The van der Waals surface area contributed by atoms with Crippen LogP contribution < -0.4 is 5.32 Å². The molecule has 2 aliphatic rings. The molecule has 0 aromatic heterocycles. The van der Waals surface area contributed by atoms with Crippen molar-refractivity contribution in [1.29, 1.82) is 0 Å². The summed E-state index contributed by atoms with van der Waals surface area (Å²) >= 11 is 0. The van der Waals surface area contributed by atoms with Gasteiger partial charge in [0, 0.05) is 39.1 Å². The molecule has 0 atom stereocenters. The van der Waals surface area contributed by atoms with Crippen LogP contribution in [0.1, 0.15) is 32.6 Å². The van der Waals surface area contributed by atoms with E-state index in [2.05, 4.69) is 12.2 Å². The normalized spacial score (nSPS) is 22.4. The number of hydrogen-bond donors (Lipinski definition) is 1. The Bertz CT molecular complexity index is 330. The summed E-state index contributed by atoms with van der Waals surface area (Å²) in [7, 11) is 1.65. The lowest BCUT2D eigenvalue weighted by atomic mass is 9.93. The third-order valence-corrected chi connectivity index (χ3v) is 4.44. The molecule has 0 unspecified atom stereocenters. The second-order valence-electron chi connectivity index (χ2n) is 5.82. The van der Waals surface area contributed by atoms with E-state index in [0.29, 0.717) is 19.0 Å². The zero-order chi connectivity index (χ0) is 13.8. The van der Waals surface area contributed by atoms with Gasteiger partial charge in [-0.05, 0) is 31.6 Å². The number of urea groups is 1. The molecule has 0 aliphatic carbocycles. The van der Waals surface area contributed by atoms with Gasteiger partial charge < -0.3 is 15.1 Å². The summed E-state index contributed by atoms with van der Waals surface area (Å²) in [5, 5.41) is 2.64.